The standard InChI is InChI=1S/C22H29N3O5S2/c1-3-21(25(31(2,27)28)19-10-6-4-7-11-19)22(26)23-18-12-14-20(15-13-18)32(29,30)24-16-8-5-9-17-24/h4,6-7,10-15,21H,3,5,8-9,16-17H2,1-2H3,(H,23,26)/t21-/m1/s1. The number of hydrogen-bond donors (Lipinski definition) is 1. The van der Waals surface area contributed by atoms with E-state index >= 15 is 0 Å². The third-order valence-electron chi connectivity index (χ3n) is 5.42. The lowest BCUT2D eigenvalue weighted by atomic mass is 10.2. The molecule has 1 aliphatic heterocycles. The van der Waals surface area contributed by atoms with Crippen LogP contribution >= 0.6 is 0 Å². The highest BCUT2D eigenvalue weighted by atomic mass is 32.2. The molecule has 0 unspecified atom stereocenters. The Morgan fingerprint density at radius 2 is 1.56 bits per heavy atom. The van der Waals surface area contributed by atoms with Crippen molar-refractivity contribution < 1.29 is 21.6 Å². The fourth-order valence-electron chi connectivity index (χ4n) is 3.83. The van der Waals surface area contributed by atoms with Crippen LogP contribution in [0, 0.1) is 0 Å². The van der Waals surface area contributed by atoms with E-state index in [9.17, 15) is 21.6 Å². The molecule has 10 heteroatoms. The van der Waals surface area contributed by atoms with Gasteiger partial charge in [0.05, 0.1) is 16.8 Å². The van der Waals surface area contributed by atoms with E-state index in [4.69, 9.17) is 0 Å². The molecule has 0 radical (unpaired) electrons. The third kappa shape index (κ3) is 5.48. The lowest BCUT2D eigenvalue weighted by molar-refractivity contribution is -0.117. The van der Waals surface area contributed by atoms with Crippen LogP contribution in [0.25, 0.3) is 0 Å². The maximum atomic E-state index is 13.0. The largest absolute Gasteiger partial charge is 0.324 e. The van der Waals surface area contributed by atoms with Gasteiger partial charge in [-0.3, -0.25) is 9.10 Å². The zero-order valence-corrected chi connectivity index (χ0v) is 19.9. The van der Waals surface area contributed by atoms with Crippen molar-refractivity contribution >= 4 is 37.3 Å². The van der Waals surface area contributed by atoms with E-state index < -0.39 is 32.0 Å². The second kappa shape index (κ2) is 10.0. The molecule has 0 aliphatic carbocycles. The average molecular weight is 480 g/mol. The van der Waals surface area contributed by atoms with E-state index in [1.807, 2.05) is 0 Å². The Labute approximate surface area is 190 Å². The Bertz CT molecular complexity index is 1130. The van der Waals surface area contributed by atoms with Gasteiger partial charge < -0.3 is 5.32 Å². The Balaban J connectivity index is 1.79. The zero-order valence-electron chi connectivity index (χ0n) is 18.3. The molecule has 174 valence electrons. The van der Waals surface area contributed by atoms with E-state index in [-0.39, 0.29) is 11.3 Å². The summed E-state index contributed by atoms with van der Waals surface area (Å²) < 4.78 is 53.1. The Hall–Kier alpha value is -2.43. The number of anilines is 2. The highest BCUT2D eigenvalue weighted by Gasteiger charge is 2.31. The molecular formula is C22H29N3O5S2. The van der Waals surface area contributed by atoms with Crippen LogP contribution in [-0.4, -0.2) is 52.4 Å². The molecule has 2 aromatic carbocycles. The lowest BCUT2D eigenvalue weighted by Gasteiger charge is -2.30. The quantitative estimate of drug-likeness (QED) is 0.627. The number of benzene rings is 2. The van der Waals surface area contributed by atoms with Crippen LogP contribution in [0.15, 0.2) is 59.5 Å². The van der Waals surface area contributed by atoms with Gasteiger partial charge in [-0.2, -0.15) is 4.31 Å². The van der Waals surface area contributed by atoms with E-state index in [0.29, 0.717) is 24.5 Å². The van der Waals surface area contributed by atoms with Gasteiger partial charge in [0.15, 0.2) is 0 Å². The van der Waals surface area contributed by atoms with Crippen LogP contribution in [0.4, 0.5) is 11.4 Å². The molecule has 32 heavy (non-hydrogen) atoms. The van der Waals surface area contributed by atoms with Crippen LogP contribution in [0.3, 0.4) is 0 Å². The molecule has 8 nitrogen and oxygen atoms in total. The van der Waals surface area contributed by atoms with Crippen LogP contribution in [-0.2, 0) is 24.8 Å². The van der Waals surface area contributed by atoms with Gasteiger partial charge in [-0.15, -0.1) is 0 Å². The van der Waals surface area contributed by atoms with Crippen molar-refractivity contribution in [3.63, 3.8) is 0 Å². The summed E-state index contributed by atoms with van der Waals surface area (Å²) in [6, 6.07) is 13.5. The smallest absolute Gasteiger partial charge is 0.248 e. The molecule has 3 rings (SSSR count). The lowest BCUT2D eigenvalue weighted by Crippen LogP contribution is -2.46. The first-order valence-corrected chi connectivity index (χ1v) is 13.9. The van der Waals surface area contributed by atoms with Gasteiger partial charge in [0, 0.05) is 18.8 Å². The molecule has 1 atom stereocenters. The number of nitrogens with zero attached hydrogens (tertiary/aromatic N) is 2. The Morgan fingerprint density at radius 1 is 0.969 bits per heavy atom. The Morgan fingerprint density at radius 3 is 2.09 bits per heavy atom. The van der Waals surface area contributed by atoms with E-state index in [1.54, 1.807) is 37.3 Å². The number of rotatable bonds is 8. The summed E-state index contributed by atoms with van der Waals surface area (Å²) in [5.74, 6) is -0.492. The number of carbonyl (C=O) groups excluding carboxylic acids is 1. The minimum atomic E-state index is -3.72. The number of hydrogen-bond acceptors (Lipinski definition) is 5. The van der Waals surface area contributed by atoms with Crippen LogP contribution in [0.1, 0.15) is 32.6 Å². The monoisotopic (exact) mass is 479 g/mol. The van der Waals surface area contributed by atoms with E-state index in [2.05, 4.69) is 5.32 Å². The van der Waals surface area contributed by atoms with Gasteiger partial charge in [-0.1, -0.05) is 31.5 Å². The van der Waals surface area contributed by atoms with Crippen LogP contribution < -0.4 is 9.62 Å². The van der Waals surface area contributed by atoms with E-state index in [1.165, 1.54) is 28.6 Å². The summed E-state index contributed by atoms with van der Waals surface area (Å²) in [4.78, 5) is 13.2. The number of nitrogens with one attached hydrogen (secondary N) is 1. The maximum absolute atomic E-state index is 13.0. The maximum Gasteiger partial charge on any atom is 0.248 e. The van der Waals surface area contributed by atoms with Gasteiger partial charge in [0.25, 0.3) is 0 Å². The summed E-state index contributed by atoms with van der Waals surface area (Å²) in [7, 11) is -7.28. The minimum Gasteiger partial charge on any atom is -0.324 e. The van der Waals surface area contributed by atoms with Crippen molar-refractivity contribution in [3.8, 4) is 0 Å². The van der Waals surface area contributed by atoms with Crippen molar-refractivity contribution in [1.29, 1.82) is 0 Å². The molecule has 0 spiro atoms. The van der Waals surface area contributed by atoms with Crippen molar-refractivity contribution in [2.75, 3.05) is 29.0 Å². The molecule has 0 bridgehead atoms. The van der Waals surface area contributed by atoms with Crippen molar-refractivity contribution in [2.24, 2.45) is 0 Å². The number of carbonyl (C=O) groups is 1. The minimum absolute atomic E-state index is 0.173. The molecule has 2 aromatic rings. The summed E-state index contributed by atoms with van der Waals surface area (Å²) in [5, 5.41) is 2.72. The molecule has 0 saturated carbocycles. The fraction of sp³-hybridized carbons (Fsp3) is 0.409. The molecule has 1 fully saturated rings. The predicted octanol–water partition coefficient (Wildman–Crippen LogP) is 3.04. The van der Waals surface area contributed by atoms with Crippen LogP contribution in [0.5, 0.6) is 0 Å². The molecule has 1 N–H and O–H groups in total. The molecule has 1 heterocycles. The van der Waals surface area contributed by atoms with Crippen molar-refractivity contribution in [3.05, 3.63) is 54.6 Å². The number of piperidine rings is 1. The summed E-state index contributed by atoms with van der Waals surface area (Å²) in [6.45, 7) is 2.76. The highest BCUT2D eigenvalue weighted by molar-refractivity contribution is 7.92. The molecule has 1 saturated heterocycles. The van der Waals surface area contributed by atoms with Gasteiger partial charge in [-0.25, -0.2) is 16.8 Å². The third-order valence-corrected chi connectivity index (χ3v) is 8.51. The first-order valence-electron chi connectivity index (χ1n) is 10.6. The molecule has 1 amide bonds. The second-order valence-corrected chi connectivity index (χ2v) is 11.6. The van der Waals surface area contributed by atoms with Crippen molar-refractivity contribution in [2.45, 2.75) is 43.5 Å². The second-order valence-electron chi connectivity index (χ2n) is 7.80. The highest BCUT2D eigenvalue weighted by Crippen LogP contribution is 2.24. The van der Waals surface area contributed by atoms with Crippen molar-refractivity contribution in [1.82, 2.24) is 4.31 Å². The number of sulfonamides is 2. The topological polar surface area (TPSA) is 104 Å². The first-order chi connectivity index (χ1) is 15.1. The van der Waals surface area contributed by atoms with Gasteiger partial charge in [0.1, 0.15) is 6.04 Å². The average Bonchev–Trinajstić information content (AvgIpc) is 2.78. The summed E-state index contributed by atoms with van der Waals surface area (Å²) >= 11 is 0. The molecular weight excluding hydrogens is 450 g/mol. The predicted molar refractivity (Wildman–Crippen MR) is 126 cm³/mol. The van der Waals surface area contributed by atoms with Gasteiger partial charge >= 0.3 is 0 Å². The van der Waals surface area contributed by atoms with Gasteiger partial charge in [0.2, 0.25) is 26.0 Å². The number of amides is 1. The molecule has 0 aromatic heterocycles. The van der Waals surface area contributed by atoms with E-state index in [0.717, 1.165) is 29.8 Å². The molecule has 1 aliphatic rings. The first kappa shape index (κ1) is 24.2. The SMILES string of the molecule is CC[C@H](C(=O)Nc1ccc(S(=O)(=O)N2CCCCC2)cc1)N(c1ccccc1)S(C)(=O)=O. The fourth-order valence-corrected chi connectivity index (χ4v) is 6.55. The van der Waals surface area contributed by atoms with Gasteiger partial charge in [-0.05, 0) is 55.7 Å². The number of para-hydroxylation sites is 1. The van der Waals surface area contributed by atoms with Crippen LogP contribution in [0.2, 0.25) is 0 Å². The Kier molecular flexibility index (Phi) is 7.58. The zero-order chi connectivity index (χ0) is 23.4. The summed E-state index contributed by atoms with van der Waals surface area (Å²) in [6.07, 6.45) is 4.06. The summed E-state index contributed by atoms with van der Waals surface area (Å²) in [5.41, 5.74) is 0.799. The normalized spacial score (nSPS) is 16.3.